The Morgan fingerprint density at radius 2 is 2.16 bits per heavy atom. The fourth-order valence-electron chi connectivity index (χ4n) is 2.78. The third-order valence-electron chi connectivity index (χ3n) is 4.17. The summed E-state index contributed by atoms with van der Waals surface area (Å²) < 4.78 is 19.6. The molecule has 6 nitrogen and oxygen atoms in total. The molecule has 2 heterocycles. The fraction of sp³-hybridized carbons (Fsp3) is 0.389. The van der Waals surface area contributed by atoms with Gasteiger partial charge in [-0.25, -0.2) is 14.4 Å². The first-order valence-electron chi connectivity index (χ1n) is 8.20. The standard InChI is InChI=1S/C18H21FN4O2/c1-22(2)16-10-17(21-12-20-16)25-14-7-8-23(11-14)18(24)9-13-5-3-4-6-15(13)19/h3-6,10,12,14H,7-9,11H2,1-2H3. The van der Waals surface area contributed by atoms with Crippen LogP contribution in [0.25, 0.3) is 0 Å². The molecule has 1 saturated heterocycles. The minimum Gasteiger partial charge on any atom is -0.472 e. The first kappa shape index (κ1) is 17.1. The average Bonchev–Trinajstić information content (AvgIpc) is 3.06. The Balaban J connectivity index is 1.57. The number of amides is 1. The second kappa shape index (κ2) is 7.46. The number of likely N-dealkylation sites (tertiary alicyclic amines) is 1. The number of halogens is 1. The summed E-state index contributed by atoms with van der Waals surface area (Å²) in [6.45, 7) is 1.08. The zero-order valence-corrected chi connectivity index (χ0v) is 14.4. The van der Waals surface area contributed by atoms with Crippen LogP contribution in [0.1, 0.15) is 12.0 Å². The van der Waals surface area contributed by atoms with Gasteiger partial charge >= 0.3 is 0 Å². The summed E-state index contributed by atoms with van der Waals surface area (Å²) in [6, 6.07) is 8.13. The number of carbonyl (C=O) groups excluding carboxylic acids is 1. The number of rotatable bonds is 5. The highest BCUT2D eigenvalue weighted by atomic mass is 19.1. The molecule has 1 unspecified atom stereocenters. The Morgan fingerprint density at radius 1 is 1.36 bits per heavy atom. The summed E-state index contributed by atoms with van der Waals surface area (Å²) in [5, 5.41) is 0. The van der Waals surface area contributed by atoms with Crippen molar-refractivity contribution < 1.29 is 13.9 Å². The van der Waals surface area contributed by atoms with E-state index in [4.69, 9.17) is 4.74 Å². The van der Waals surface area contributed by atoms with E-state index in [1.165, 1.54) is 12.4 Å². The average molecular weight is 344 g/mol. The highest BCUT2D eigenvalue weighted by Crippen LogP contribution is 2.20. The molecule has 0 aliphatic carbocycles. The van der Waals surface area contributed by atoms with Gasteiger partial charge in [-0.3, -0.25) is 4.79 Å². The van der Waals surface area contributed by atoms with Crippen molar-refractivity contribution in [3.05, 3.63) is 48.0 Å². The monoisotopic (exact) mass is 344 g/mol. The largest absolute Gasteiger partial charge is 0.472 e. The molecular formula is C18H21FN4O2. The van der Waals surface area contributed by atoms with Gasteiger partial charge in [0, 0.05) is 33.1 Å². The second-order valence-electron chi connectivity index (χ2n) is 6.25. The number of anilines is 1. The zero-order chi connectivity index (χ0) is 17.8. The molecular weight excluding hydrogens is 323 g/mol. The maximum atomic E-state index is 13.7. The van der Waals surface area contributed by atoms with E-state index in [0.29, 0.717) is 24.5 Å². The van der Waals surface area contributed by atoms with Crippen molar-refractivity contribution in [2.45, 2.75) is 18.9 Å². The number of hydrogen-bond donors (Lipinski definition) is 0. The number of carbonyl (C=O) groups is 1. The van der Waals surface area contributed by atoms with E-state index >= 15 is 0 Å². The number of aromatic nitrogens is 2. The van der Waals surface area contributed by atoms with Crippen LogP contribution in [0.5, 0.6) is 5.88 Å². The molecule has 1 atom stereocenters. The molecule has 0 bridgehead atoms. The molecule has 1 aliphatic rings. The van der Waals surface area contributed by atoms with E-state index in [0.717, 1.165) is 12.2 Å². The third-order valence-corrected chi connectivity index (χ3v) is 4.17. The van der Waals surface area contributed by atoms with E-state index in [-0.39, 0.29) is 24.2 Å². The zero-order valence-electron chi connectivity index (χ0n) is 14.4. The van der Waals surface area contributed by atoms with Crippen molar-refractivity contribution in [1.82, 2.24) is 14.9 Å². The molecule has 0 radical (unpaired) electrons. The summed E-state index contributed by atoms with van der Waals surface area (Å²) in [4.78, 5) is 24.2. The van der Waals surface area contributed by atoms with Crippen molar-refractivity contribution in [3.63, 3.8) is 0 Å². The van der Waals surface area contributed by atoms with Gasteiger partial charge in [0.1, 0.15) is 24.1 Å². The van der Waals surface area contributed by atoms with Gasteiger partial charge < -0.3 is 14.5 Å². The SMILES string of the molecule is CN(C)c1cc(OC2CCN(C(=O)Cc3ccccc3F)C2)ncn1. The van der Waals surface area contributed by atoms with Crippen molar-refractivity contribution in [1.29, 1.82) is 0 Å². The van der Waals surface area contributed by atoms with Crippen LogP contribution in [0.2, 0.25) is 0 Å². The predicted molar refractivity (Wildman–Crippen MR) is 92.1 cm³/mol. The first-order chi connectivity index (χ1) is 12.0. The maximum Gasteiger partial charge on any atom is 0.227 e. The minimum absolute atomic E-state index is 0.0671. The topological polar surface area (TPSA) is 58.6 Å². The Kier molecular flexibility index (Phi) is 5.11. The molecule has 0 N–H and O–H groups in total. The lowest BCUT2D eigenvalue weighted by Gasteiger charge is -2.18. The van der Waals surface area contributed by atoms with Crippen molar-refractivity contribution >= 4 is 11.7 Å². The molecule has 1 aromatic heterocycles. The highest BCUT2D eigenvalue weighted by molar-refractivity contribution is 5.79. The van der Waals surface area contributed by atoms with Crippen molar-refractivity contribution in [3.8, 4) is 5.88 Å². The van der Waals surface area contributed by atoms with E-state index in [2.05, 4.69) is 9.97 Å². The van der Waals surface area contributed by atoms with Gasteiger partial charge in [-0.2, -0.15) is 0 Å². The Morgan fingerprint density at radius 3 is 2.92 bits per heavy atom. The second-order valence-corrected chi connectivity index (χ2v) is 6.25. The van der Waals surface area contributed by atoms with Gasteiger partial charge in [0.15, 0.2) is 0 Å². The molecule has 7 heteroatoms. The van der Waals surface area contributed by atoms with Crippen LogP contribution in [-0.4, -0.2) is 54.1 Å². The van der Waals surface area contributed by atoms with E-state index in [1.54, 1.807) is 29.2 Å². The lowest BCUT2D eigenvalue weighted by atomic mass is 10.1. The first-order valence-corrected chi connectivity index (χ1v) is 8.20. The van der Waals surface area contributed by atoms with Crippen LogP contribution in [0.3, 0.4) is 0 Å². The fourth-order valence-corrected chi connectivity index (χ4v) is 2.78. The van der Waals surface area contributed by atoms with E-state index < -0.39 is 0 Å². The van der Waals surface area contributed by atoms with Crippen LogP contribution >= 0.6 is 0 Å². The van der Waals surface area contributed by atoms with E-state index in [9.17, 15) is 9.18 Å². The smallest absolute Gasteiger partial charge is 0.227 e. The molecule has 2 aromatic rings. The molecule has 0 saturated carbocycles. The molecule has 25 heavy (non-hydrogen) atoms. The third kappa shape index (κ3) is 4.23. The Hall–Kier alpha value is -2.70. The van der Waals surface area contributed by atoms with Crippen LogP contribution in [0.4, 0.5) is 10.2 Å². The maximum absolute atomic E-state index is 13.7. The number of nitrogens with zero attached hydrogens (tertiary/aromatic N) is 4. The van der Waals surface area contributed by atoms with E-state index in [1.807, 2.05) is 19.0 Å². The number of ether oxygens (including phenoxy) is 1. The van der Waals surface area contributed by atoms with Crippen molar-refractivity contribution in [2.24, 2.45) is 0 Å². The highest BCUT2D eigenvalue weighted by Gasteiger charge is 2.28. The van der Waals surface area contributed by atoms with Gasteiger partial charge in [-0.05, 0) is 11.6 Å². The molecule has 1 aromatic carbocycles. The predicted octanol–water partition coefficient (Wildman–Crippen LogP) is 1.90. The summed E-state index contributed by atoms with van der Waals surface area (Å²) >= 11 is 0. The van der Waals surface area contributed by atoms with Crippen LogP contribution in [-0.2, 0) is 11.2 Å². The molecule has 3 rings (SSSR count). The molecule has 0 spiro atoms. The quantitative estimate of drug-likeness (QED) is 0.829. The van der Waals surface area contributed by atoms with Crippen LogP contribution in [0, 0.1) is 5.82 Å². The van der Waals surface area contributed by atoms with Gasteiger partial charge in [-0.1, -0.05) is 18.2 Å². The minimum atomic E-state index is -0.347. The normalized spacial score (nSPS) is 16.8. The van der Waals surface area contributed by atoms with Crippen LogP contribution < -0.4 is 9.64 Å². The lowest BCUT2D eigenvalue weighted by molar-refractivity contribution is -0.129. The molecule has 1 fully saturated rings. The molecule has 1 aliphatic heterocycles. The lowest BCUT2D eigenvalue weighted by Crippen LogP contribution is -2.32. The van der Waals surface area contributed by atoms with Gasteiger partial charge in [0.05, 0.1) is 13.0 Å². The summed E-state index contributed by atoms with van der Waals surface area (Å²) in [6.07, 6.45) is 2.14. The summed E-state index contributed by atoms with van der Waals surface area (Å²) in [5.74, 6) is 0.815. The Bertz CT molecular complexity index is 753. The van der Waals surface area contributed by atoms with Gasteiger partial charge in [0.25, 0.3) is 0 Å². The Labute approximate surface area is 146 Å². The summed E-state index contributed by atoms with van der Waals surface area (Å²) in [5.41, 5.74) is 0.420. The van der Waals surface area contributed by atoms with Gasteiger partial charge in [0.2, 0.25) is 11.8 Å². The van der Waals surface area contributed by atoms with Gasteiger partial charge in [-0.15, -0.1) is 0 Å². The van der Waals surface area contributed by atoms with Crippen LogP contribution in [0.15, 0.2) is 36.7 Å². The molecule has 1 amide bonds. The summed E-state index contributed by atoms with van der Waals surface area (Å²) in [7, 11) is 3.79. The number of hydrogen-bond acceptors (Lipinski definition) is 5. The molecule has 132 valence electrons. The number of benzene rings is 1. The van der Waals surface area contributed by atoms with Crippen molar-refractivity contribution in [2.75, 3.05) is 32.1 Å².